The maximum Gasteiger partial charge on any atom is 0.405 e. The van der Waals surface area contributed by atoms with Crippen molar-refractivity contribution in [1.29, 1.82) is 0 Å². The minimum Gasteiger partial charge on any atom is -0.354 e. The van der Waals surface area contributed by atoms with E-state index in [1.165, 1.54) is 4.90 Å². The van der Waals surface area contributed by atoms with E-state index in [2.05, 4.69) is 10.6 Å². The van der Waals surface area contributed by atoms with Crippen molar-refractivity contribution >= 4 is 18.3 Å². The van der Waals surface area contributed by atoms with Gasteiger partial charge in [-0.05, 0) is 25.2 Å². The molecule has 1 amide bonds. The van der Waals surface area contributed by atoms with Gasteiger partial charge in [0.1, 0.15) is 6.04 Å². The first-order chi connectivity index (χ1) is 10.7. The first-order valence-electron chi connectivity index (χ1n) is 8.54. The highest BCUT2D eigenvalue weighted by Gasteiger charge is 2.47. The normalized spacial score (nSPS) is 22.4. The van der Waals surface area contributed by atoms with E-state index >= 15 is 0 Å². The molecule has 0 spiro atoms. The Balaban J connectivity index is 0.00000288. The number of alkyl halides is 3. The molecular weight excluding hydrogens is 343 g/mol. The summed E-state index contributed by atoms with van der Waals surface area (Å²) in [5.41, 5.74) is -0.437. The van der Waals surface area contributed by atoms with Gasteiger partial charge in [0.15, 0.2) is 0 Å². The van der Waals surface area contributed by atoms with Gasteiger partial charge in [-0.25, -0.2) is 0 Å². The number of rotatable bonds is 6. The van der Waals surface area contributed by atoms with Gasteiger partial charge in [-0.15, -0.1) is 12.4 Å². The molecule has 0 aromatic carbocycles. The second kappa shape index (κ2) is 8.72. The number of nitrogens with zero attached hydrogens (tertiary/aromatic N) is 1. The van der Waals surface area contributed by atoms with Crippen LogP contribution in [0.2, 0.25) is 0 Å². The number of hydrogen-bond donors (Lipinski definition) is 2. The molecule has 1 heterocycles. The zero-order chi connectivity index (χ0) is 17.1. The average Bonchev–Trinajstić information content (AvgIpc) is 2.42. The summed E-state index contributed by atoms with van der Waals surface area (Å²) in [5.74, 6) is 0.175. The second-order valence-electron chi connectivity index (χ2n) is 7.29. The smallest absolute Gasteiger partial charge is 0.354 e. The van der Waals surface area contributed by atoms with Gasteiger partial charge in [0.2, 0.25) is 5.91 Å². The highest BCUT2D eigenvalue weighted by Crippen LogP contribution is 2.46. The quantitative estimate of drug-likeness (QED) is 0.754. The maximum atomic E-state index is 13.3. The minimum absolute atomic E-state index is 0. The van der Waals surface area contributed by atoms with Gasteiger partial charge in [-0.3, -0.25) is 9.69 Å². The Morgan fingerprint density at radius 3 is 2.25 bits per heavy atom. The number of nitrogens with one attached hydrogen (secondary N) is 2. The molecule has 142 valence electrons. The predicted molar refractivity (Wildman–Crippen MR) is 90.3 cm³/mol. The fourth-order valence-corrected chi connectivity index (χ4v) is 3.73. The molecule has 2 aliphatic rings. The Bertz CT molecular complexity index is 408. The van der Waals surface area contributed by atoms with Crippen molar-refractivity contribution in [1.82, 2.24) is 15.5 Å². The molecule has 2 fully saturated rings. The van der Waals surface area contributed by atoms with E-state index in [0.29, 0.717) is 32.1 Å². The van der Waals surface area contributed by atoms with E-state index in [9.17, 15) is 18.0 Å². The summed E-state index contributed by atoms with van der Waals surface area (Å²) in [5, 5.41) is 5.67. The monoisotopic (exact) mass is 371 g/mol. The van der Waals surface area contributed by atoms with Crippen LogP contribution in [0.4, 0.5) is 13.2 Å². The fourth-order valence-electron chi connectivity index (χ4n) is 3.73. The van der Waals surface area contributed by atoms with E-state index < -0.39 is 17.6 Å². The van der Waals surface area contributed by atoms with Gasteiger partial charge in [-0.2, -0.15) is 13.2 Å². The average molecular weight is 372 g/mol. The first-order valence-corrected chi connectivity index (χ1v) is 8.54. The molecular formula is C16H29ClF3N3O. The van der Waals surface area contributed by atoms with Gasteiger partial charge in [0.05, 0.1) is 0 Å². The number of carbonyl (C=O) groups is 1. The van der Waals surface area contributed by atoms with Crippen molar-refractivity contribution in [3.8, 4) is 0 Å². The molecule has 4 nitrogen and oxygen atoms in total. The molecule has 0 bridgehead atoms. The summed E-state index contributed by atoms with van der Waals surface area (Å²) in [7, 11) is 0. The van der Waals surface area contributed by atoms with Crippen molar-refractivity contribution in [2.75, 3.05) is 32.7 Å². The molecule has 0 radical (unpaired) electrons. The lowest BCUT2D eigenvalue weighted by Crippen LogP contribution is -2.59. The Hall–Kier alpha value is -0.530. The Labute approximate surface area is 148 Å². The third-order valence-corrected chi connectivity index (χ3v) is 5.02. The first kappa shape index (κ1) is 21.5. The van der Waals surface area contributed by atoms with Crippen molar-refractivity contribution in [2.24, 2.45) is 11.3 Å². The third kappa shape index (κ3) is 5.23. The number of hydrogen-bond acceptors (Lipinski definition) is 3. The van der Waals surface area contributed by atoms with E-state index in [1.54, 1.807) is 0 Å². The van der Waals surface area contributed by atoms with Crippen LogP contribution in [-0.4, -0.2) is 55.7 Å². The zero-order valence-corrected chi connectivity index (χ0v) is 15.2. The predicted octanol–water partition coefficient (Wildman–Crippen LogP) is 2.58. The topological polar surface area (TPSA) is 44.4 Å². The molecule has 1 unspecified atom stereocenters. The van der Waals surface area contributed by atoms with Crippen LogP contribution < -0.4 is 10.6 Å². The lowest BCUT2D eigenvalue weighted by atomic mass is 9.64. The lowest BCUT2D eigenvalue weighted by Gasteiger charge is -2.42. The minimum atomic E-state index is -4.32. The Morgan fingerprint density at radius 2 is 1.83 bits per heavy atom. The molecule has 1 atom stereocenters. The standard InChI is InChI=1S/C16H28F3N3O.ClH/c1-12(2)10-15(4-3-5-15)14(23)21-11-13(16(17,18)19)22-8-6-20-7-9-22;/h12-13,20H,3-11H2,1-2H3,(H,21,23);1H. The summed E-state index contributed by atoms with van der Waals surface area (Å²) in [6.45, 7) is 5.57. The van der Waals surface area contributed by atoms with E-state index in [-0.39, 0.29) is 24.9 Å². The fraction of sp³-hybridized carbons (Fsp3) is 0.938. The van der Waals surface area contributed by atoms with Gasteiger partial charge in [0.25, 0.3) is 0 Å². The number of amides is 1. The van der Waals surface area contributed by atoms with Crippen LogP contribution in [0.1, 0.15) is 39.5 Å². The van der Waals surface area contributed by atoms with E-state index in [1.807, 2.05) is 13.8 Å². The lowest BCUT2D eigenvalue weighted by molar-refractivity contribution is -0.184. The number of carbonyl (C=O) groups excluding carboxylic acids is 1. The van der Waals surface area contributed by atoms with Crippen LogP contribution in [0.25, 0.3) is 0 Å². The summed E-state index contributed by atoms with van der Waals surface area (Å²) < 4.78 is 40.0. The molecule has 24 heavy (non-hydrogen) atoms. The maximum absolute atomic E-state index is 13.3. The Morgan fingerprint density at radius 1 is 1.25 bits per heavy atom. The summed E-state index contributed by atoms with van der Waals surface area (Å²) in [6, 6.07) is -1.59. The van der Waals surface area contributed by atoms with Crippen LogP contribution in [0, 0.1) is 11.3 Å². The van der Waals surface area contributed by atoms with Gasteiger partial charge >= 0.3 is 6.18 Å². The van der Waals surface area contributed by atoms with Crippen molar-refractivity contribution in [3.63, 3.8) is 0 Å². The molecule has 2 N–H and O–H groups in total. The van der Waals surface area contributed by atoms with Crippen LogP contribution >= 0.6 is 12.4 Å². The van der Waals surface area contributed by atoms with E-state index in [4.69, 9.17) is 0 Å². The molecule has 2 rings (SSSR count). The summed E-state index contributed by atoms with van der Waals surface area (Å²) in [6.07, 6.45) is -0.998. The molecule has 8 heteroatoms. The van der Waals surface area contributed by atoms with Gasteiger partial charge < -0.3 is 10.6 Å². The highest BCUT2D eigenvalue weighted by molar-refractivity contribution is 5.85. The molecule has 0 aromatic rings. The van der Waals surface area contributed by atoms with E-state index in [0.717, 1.165) is 25.7 Å². The second-order valence-corrected chi connectivity index (χ2v) is 7.29. The third-order valence-electron chi connectivity index (χ3n) is 5.02. The van der Waals surface area contributed by atoms with Crippen molar-refractivity contribution < 1.29 is 18.0 Å². The molecule has 0 aromatic heterocycles. The summed E-state index contributed by atoms with van der Waals surface area (Å²) in [4.78, 5) is 13.9. The van der Waals surface area contributed by atoms with Crippen LogP contribution in [0.5, 0.6) is 0 Å². The van der Waals surface area contributed by atoms with Crippen LogP contribution in [-0.2, 0) is 4.79 Å². The largest absolute Gasteiger partial charge is 0.405 e. The molecule has 1 saturated carbocycles. The van der Waals surface area contributed by atoms with Crippen molar-refractivity contribution in [3.05, 3.63) is 0 Å². The summed E-state index contributed by atoms with van der Waals surface area (Å²) >= 11 is 0. The highest BCUT2D eigenvalue weighted by atomic mass is 35.5. The molecule has 1 aliphatic heterocycles. The SMILES string of the molecule is CC(C)CC1(C(=O)NCC(N2CCNCC2)C(F)(F)F)CCC1.Cl. The van der Waals surface area contributed by atoms with Crippen molar-refractivity contribution in [2.45, 2.75) is 51.7 Å². The van der Waals surface area contributed by atoms with Gasteiger partial charge in [-0.1, -0.05) is 20.3 Å². The van der Waals surface area contributed by atoms with Gasteiger partial charge in [0, 0.05) is 38.1 Å². The number of halogens is 4. The molecule has 1 saturated heterocycles. The Kier molecular flexibility index (Phi) is 7.81. The zero-order valence-electron chi connectivity index (χ0n) is 14.4. The van der Waals surface area contributed by atoms with Crippen LogP contribution in [0.15, 0.2) is 0 Å². The van der Waals surface area contributed by atoms with Crippen LogP contribution in [0.3, 0.4) is 0 Å². The molecule has 1 aliphatic carbocycles. The number of piperazine rings is 1.